The molecule has 1 aromatic carbocycles. The van der Waals surface area contributed by atoms with E-state index in [2.05, 4.69) is 24.3 Å². The summed E-state index contributed by atoms with van der Waals surface area (Å²) in [7, 11) is 0. The van der Waals surface area contributed by atoms with Gasteiger partial charge in [-0.15, -0.1) is 11.3 Å². The zero-order valence-electron chi connectivity index (χ0n) is 13.0. The van der Waals surface area contributed by atoms with Crippen molar-refractivity contribution in [2.75, 3.05) is 6.61 Å². The van der Waals surface area contributed by atoms with Gasteiger partial charge in [0.15, 0.2) is 6.61 Å². The van der Waals surface area contributed by atoms with Gasteiger partial charge in [0.2, 0.25) is 0 Å². The largest absolute Gasteiger partial charge is 0.386 e. The van der Waals surface area contributed by atoms with E-state index in [9.17, 15) is 4.79 Å². The lowest BCUT2D eigenvalue weighted by atomic mass is 10.0. The molecule has 2 aromatic rings. The number of rotatable bonds is 7. The molecular formula is C17H19ClN2O2S. The van der Waals surface area contributed by atoms with E-state index in [0.717, 1.165) is 10.4 Å². The van der Waals surface area contributed by atoms with Crippen LogP contribution in [-0.2, 0) is 9.63 Å². The zero-order chi connectivity index (χ0) is 16.7. The van der Waals surface area contributed by atoms with Gasteiger partial charge >= 0.3 is 0 Å². The number of nitrogens with one attached hydrogen (secondary N) is 1. The Hall–Kier alpha value is -1.85. The maximum absolute atomic E-state index is 12.0. The van der Waals surface area contributed by atoms with Gasteiger partial charge in [-0.2, -0.15) is 0 Å². The number of halogens is 1. The average Bonchev–Trinajstić information content (AvgIpc) is 3.04. The lowest BCUT2D eigenvalue weighted by molar-refractivity contribution is -0.126. The number of nitrogens with zero attached hydrogens (tertiary/aromatic N) is 1. The molecular weight excluding hydrogens is 332 g/mol. The van der Waals surface area contributed by atoms with Gasteiger partial charge in [0, 0.05) is 9.90 Å². The highest BCUT2D eigenvalue weighted by molar-refractivity contribution is 7.10. The van der Waals surface area contributed by atoms with E-state index in [1.807, 2.05) is 29.6 Å². The van der Waals surface area contributed by atoms with Crippen LogP contribution in [0.15, 0.2) is 46.9 Å². The molecule has 0 aliphatic rings. The fraction of sp³-hybridized carbons (Fsp3) is 0.294. The predicted molar refractivity (Wildman–Crippen MR) is 95.0 cm³/mol. The van der Waals surface area contributed by atoms with E-state index in [-0.39, 0.29) is 18.6 Å². The molecule has 0 aliphatic heterocycles. The van der Waals surface area contributed by atoms with E-state index in [0.29, 0.717) is 10.9 Å². The third-order valence-corrected chi connectivity index (χ3v) is 4.38. The van der Waals surface area contributed by atoms with Gasteiger partial charge in [-0.05, 0) is 35.1 Å². The second-order valence-electron chi connectivity index (χ2n) is 5.36. The second-order valence-corrected chi connectivity index (χ2v) is 6.78. The normalized spacial score (nSPS) is 12.5. The minimum atomic E-state index is -0.189. The van der Waals surface area contributed by atoms with Crippen LogP contribution in [0.4, 0.5) is 0 Å². The first-order chi connectivity index (χ1) is 11.1. The van der Waals surface area contributed by atoms with E-state index in [1.54, 1.807) is 29.7 Å². The van der Waals surface area contributed by atoms with Crippen LogP contribution in [0.25, 0.3) is 0 Å². The van der Waals surface area contributed by atoms with Gasteiger partial charge in [-0.3, -0.25) is 4.79 Å². The van der Waals surface area contributed by atoms with Crippen molar-refractivity contribution in [2.24, 2.45) is 11.1 Å². The first-order valence-corrected chi connectivity index (χ1v) is 8.55. The number of carbonyl (C=O) groups excluding carboxylic acids is 1. The van der Waals surface area contributed by atoms with E-state index < -0.39 is 0 Å². The van der Waals surface area contributed by atoms with Gasteiger partial charge < -0.3 is 10.2 Å². The molecule has 0 saturated heterocycles. The number of benzene rings is 1. The Labute approximate surface area is 145 Å². The number of oxime groups is 1. The molecule has 1 aromatic heterocycles. The molecule has 0 aliphatic carbocycles. The van der Waals surface area contributed by atoms with Crippen molar-refractivity contribution in [3.8, 4) is 0 Å². The van der Waals surface area contributed by atoms with Crippen LogP contribution in [0, 0.1) is 5.92 Å². The highest BCUT2D eigenvalue weighted by Crippen LogP contribution is 2.25. The Morgan fingerprint density at radius 3 is 2.70 bits per heavy atom. The molecule has 0 spiro atoms. The number of hydrogen-bond acceptors (Lipinski definition) is 4. The predicted octanol–water partition coefficient (Wildman–Crippen LogP) is 4.27. The first kappa shape index (κ1) is 17.5. The van der Waals surface area contributed by atoms with E-state index >= 15 is 0 Å². The Balaban J connectivity index is 1.81. The molecule has 1 atom stereocenters. The van der Waals surface area contributed by atoms with Crippen molar-refractivity contribution in [2.45, 2.75) is 19.9 Å². The lowest BCUT2D eigenvalue weighted by Gasteiger charge is -2.20. The molecule has 6 heteroatoms. The van der Waals surface area contributed by atoms with Crippen molar-refractivity contribution in [1.82, 2.24) is 5.32 Å². The third kappa shape index (κ3) is 5.69. The Kier molecular flexibility index (Phi) is 6.62. The molecule has 0 saturated carbocycles. The lowest BCUT2D eigenvalue weighted by Crippen LogP contribution is -2.33. The van der Waals surface area contributed by atoms with Gasteiger partial charge in [0.1, 0.15) is 0 Å². The summed E-state index contributed by atoms with van der Waals surface area (Å²) in [6, 6.07) is 11.2. The van der Waals surface area contributed by atoms with Crippen LogP contribution in [0.5, 0.6) is 0 Å². The molecule has 0 radical (unpaired) electrons. The number of thiophene rings is 1. The maximum Gasteiger partial charge on any atom is 0.261 e. The Morgan fingerprint density at radius 1 is 1.35 bits per heavy atom. The minimum absolute atomic E-state index is 0.00801. The molecule has 23 heavy (non-hydrogen) atoms. The third-order valence-electron chi connectivity index (χ3n) is 3.17. The summed E-state index contributed by atoms with van der Waals surface area (Å²) < 4.78 is 0. The van der Waals surface area contributed by atoms with Crippen LogP contribution < -0.4 is 5.32 Å². The SMILES string of the molecule is CC(C)C(NC(=O)CO/N=C/c1ccc(Cl)cc1)c1cccs1. The second kappa shape index (κ2) is 8.70. The number of carbonyl (C=O) groups is 1. The van der Waals surface area contributed by atoms with Crippen LogP contribution in [0.3, 0.4) is 0 Å². The van der Waals surface area contributed by atoms with Crippen molar-refractivity contribution < 1.29 is 9.63 Å². The molecule has 0 fully saturated rings. The van der Waals surface area contributed by atoms with Crippen molar-refractivity contribution >= 4 is 35.1 Å². The molecule has 122 valence electrons. The monoisotopic (exact) mass is 350 g/mol. The van der Waals surface area contributed by atoms with E-state index in [1.165, 1.54) is 0 Å². The van der Waals surface area contributed by atoms with Crippen molar-refractivity contribution in [3.63, 3.8) is 0 Å². The molecule has 0 bridgehead atoms. The number of hydrogen-bond donors (Lipinski definition) is 1. The topological polar surface area (TPSA) is 50.7 Å². The van der Waals surface area contributed by atoms with Crippen molar-refractivity contribution in [3.05, 3.63) is 57.2 Å². The fourth-order valence-corrected chi connectivity index (χ4v) is 3.07. The molecule has 1 heterocycles. The van der Waals surface area contributed by atoms with Gasteiger partial charge in [0.05, 0.1) is 12.3 Å². The van der Waals surface area contributed by atoms with Crippen LogP contribution >= 0.6 is 22.9 Å². The molecule has 4 nitrogen and oxygen atoms in total. The summed E-state index contributed by atoms with van der Waals surface area (Å²) in [6.45, 7) is 4.03. The smallest absolute Gasteiger partial charge is 0.261 e. The van der Waals surface area contributed by atoms with E-state index in [4.69, 9.17) is 16.4 Å². The highest BCUT2D eigenvalue weighted by atomic mass is 35.5. The van der Waals surface area contributed by atoms with Gasteiger partial charge in [-0.25, -0.2) is 0 Å². The fourth-order valence-electron chi connectivity index (χ4n) is 1.99. The average molecular weight is 351 g/mol. The molecule has 2 rings (SSSR count). The Morgan fingerprint density at radius 2 is 2.09 bits per heavy atom. The van der Waals surface area contributed by atoms with Gasteiger partial charge in [-0.1, -0.05) is 48.8 Å². The quantitative estimate of drug-likeness (QED) is 0.599. The summed E-state index contributed by atoms with van der Waals surface area (Å²) in [5.41, 5.74) is 0.855. The molecule has 1 amide bonds. The van der Waals surface area contributed by atoms with Crippen LogP contribution in [0.2, 0.25) is 5.02 Å². The summed E-state index contributed by atoms with van der Waals surface area (Å²) in [5, 5.41) is 9.45. The summed E-state index contributed by atoms with van der Waals surface area (Å²) in [6.07, 6.45) is 1.54. The summed E-state index contributed by atoms with van der Waals surface area (Å²) >= 11 is 7.44. The molecule has 1 N–H and O–H groups in total. The van der Waals surface area contributed by atoms with Gasteiger partial charge in [0.25, 0.3) is 5.91 Å². The summed E-state index contributed by atoms with van der Waals surface area (Å²) in [4.78, 5) is 18.2. The van der Waals surface area contributed by atoms with Crippen molar-refractivity contribution in [1.29, 1.82) is 0 Å². The standard InChI is InChI=1S/C17H19ClN2O2S/c1-12(2)17(15-4-3-9-23-15)20-16(21)11-22-19-10-13-5-7-14(18)8-6-13/h3-10,12,17H,11H2,1-2H3,(H,20,21)/b19-10+. The summed E-state index contributed by atoms with van der Waals surface area (Å²) in [5.74, 6) is 0.112. The zero-order valence-corrected chi connectivity index (χ0v) is 14.6. The van der Waals surface area contributed by atoms with Crippen LogP contribution in [0.1, 0.15) is 30.3 Å². The minimum Gasteiger partial charge on any atom is -0.386 e. The Bertz CT molecular complexity index is 639. The van der Waals surface area contributed by atoms with Crippen LogP contribution in [-0.4, -0.2) is 18.7 Å². The maximum atomic E-state index is 12.0. The highest BCUT2D eigenvalue weighted by Gasteiger charge is 2.19. The first-order valence-electron chi connectivity index (χ1n) is 7.30. The molecule has 1 unspecified atom stereocenters. The number of amides is 1.